The number of carbonyl (C=O) groups is 2. The van der Waals surface area contributed by atoms with E-state index in [9.17, 15) is 18.0 Å². The van der Waals surface area contributed by atoms with Crippen molar-refractivity contribution in [1.29, 1.82) is 0 Å². The van der Waals surface area contributed by atoms with Crippen LogP contribution in [0.25, 0.3) is 0 Å². The van der Waals surface area contributed by atoms with E-state index in [1.54, 1.807) is 6.07 Å². The molecule has 0 spiro atoms. The summed E-state index contributed by atoms with van der Waals surface area (Å²) in [6.07, 6.45) is 0.901. The van der Waals surface area contributed by atoms with E-state index >= 15 is 0 Å². The molecule has 0 saturated heterocycles. The largest absolute Gasteiger partial charge is 0.495 e. The number of ether oxygens (including phenoxy) is 3. The van der Waals surface area contributed by atoms with Crippen molar-refractivity contribution in [1.82, 2.24) is 10.2 Å². The second kappa shape index (κ2) is 17.1. The molecule has 4 aromatic carbocycles. The van der Waals surface area contributed by atoms with Gasteiger partial charge < -0.3 is 24.4 Å². The molecule has 4 rings (SSSR count). The van der Waals surface area contributed by atoms with E-state index in [0.29, 0.717) is 18.7 Å². The van der Waals surface area contributed by atoms with Crippen molar-refractivity contribution in [3.05, 3.63) is 113 Å². The van der Waals surface area contributed by atoms with E-state index in [2.05, 4.69) is 5.32 Å². The highest BCUT2D eigenvalue weighted by Crippen LogP contribution is 2.37. The molecule has 10 nitrogen and oxygen atoms in total. The van der Waals surface area contributed by atoms with Gasteiger partial charge in [-0.2, -0.15) is 0 Å². The van der Waals surface area contributed by atoms with E-state index in [0.717, 1.165) is 21.0 Å². The number of nitrogens with zero attached hydrogens (tertiary/aromatic N) is 2. The standard InChI is InChI=1S/C37H42ClN3O7S/c1-6-19-39-37(43)32(21-27-12-8-7-9-13-27)40(24-28-14-10-11-26(2)20-28)36(42)25-41(31-22-29(38)15-17-33(31)46-3)49(44,45)30-16-18-34(47-4)35(23-30)48-5/h7-18,20,22-23,32H,6,19,21,24-25H2,1-5H3,(H,39,43)/t32-/m0/s1. The van der Waals surface area contributed by atoms with E-state index in [1.807, 2.05) is 68.4 Å². The van der Waals surface area contributed by atoms with Gasteiger partial charge >= 0.3 is 0 Å². The number of nitrogens with one attached hydrogen (secondary N) is 1. The molecule has 0 aromatic heterocycles. The Balaban J connectivity index is 1.88. The van der Waals surface area contributed by atoms with Crippen molar-refractivity contribution in [3.63, 3.8) is 0 Å². The molecule has 1 atom stereocenters. The first-order valence-corrected chi connectivity index (χ1v) is 17.6. The maximum atomic E-state index is 14.7. The van der Waals surface area contributed by atoms with E-state index < -0.39 is 28.5 Å². The molecule has 260 valence electrons. The van der Waals surface area contributed by atoms with E-state index in [-0.39, 0.29) is 46.0 Å². The highest BCUT2D eigenvalue weighted by Gasteiger charge is 2.36. The summed E-state index contributed by atoms with van der Waals surface area (Å²) in [6.45, 7) is 3.67. The summed E-state index contributed by atoms with van der Waals surface area (Å²) >= 11 is 6.39. The first-order valence-electron chi connectivity index (χ1n) is 15.8. The molecule has 0 fully saturated rings. The summed E-state index contributed by atoms with van der Waals surface area (Å²) in [5.74, 6) is -0.269. The minimum absolute atomic E-state index is 0.0451. The topological polar surface area (TPSA) is 114 Å². The van der Waals surface area contributed by atoms with Gasteiger partial charge in [0.05, 0.1) is 31.9 Å². The zero-order chi connectivity index (χ0) is 35.6. The highest BCUT2D eigenvalue weighted by atomic mass is 35.5. The molecule has 0 heterocycles. The predicted octanol–water partition coefficient (Wildman–Crippen LogP) is 6.04. The van der Waals surface area contributed by atoms with Gasteiger partial charge in [0.15, 0.2) is 11.5 Å². The Morgan fingerprint density at radius 3 is 2.14 bits per heavy atom. The van der Waals surface area contributed by atoms with Gasteiger partial charge in [-0.15, -0.1) is 0 Å². The van der Waals surface area contributed by atoms with Crippen molar-refractivity contribution in [2.45, 2.75) is 44.2 Å². The van der Waals surface area contributed by atoms with Crippen molar-refractivity contribution in [2.75, 3.05) is 38.7 Å². The Morgan fingerprint density at radius 1 is 0.816 bits per heavy atom. The smallest absolute Gasteiger partial charge is 0.265 e. The number of sulfonamides is 1. The van der Waals surface area contributed by atoms with Crippen LogP contribution in [0.2, 0.25) is 5.02 Å². The van der Waals surface area contributed by atoms with E-state index in [4.69, 9.17) is 25.8 Å². The molecule has 1 N–H and O–H groups in total. The summed E-state index contributed by atoms with van der Waals surface area (Å²) in [5.41, 5.74) is 2.64. The number of hydrogen-bond acceptors (Lipinski definition) is 7. The van der Waals surface area contributed by atoms with Gasteiger partial charge in [0.25, 0.3) is 10.0 Å². The molecule has 0 aliphatic heterocycles. The summed E-state index contributed by atoms with van der Waals surface area (Å²) < 4.78 is 46.3. The second-order valence-corrected chi connectivity index (χ2v) is 13.7. The zero-order valence-corrected chi connectivity index (χ0v) is 29.9. The van der Waals surface area contributed by atoms with Crippen LogP contribution in [0.3, 0.4) is 0 Å². The minimum atomic E-state index is -4.48. The molecule has 49 heavy (non-hydrogen) atoms. The zero-order valence-electron chi connectivity index (χ0n) is 28.3. The van der Waals surface area contributed by atoms with Crippen LogP contribution >= 0.6 is 11.6 Å². The van der Waals surface area contributed by atoms with Crippen LogP contribution in [-0.2, 0) is 32.6 Å². The van der Waals surface area contributed by atoms with Crippen LogP contribution in [-0.4, -0.2) is 65.6 Å². The number of amides is 2. The Hall–Kier alpha value is -4.74. The lowest BCUT2D eigenvalue weighted by atomic mass is 10.0. The van der Waals surface area contributed by atoms with Gasteiger partial charge in [0.2, 0.25) is 11.8 Å². The Labute approximate surface area is 293 Å². The Morgan fingerprint density at radius 2 is 1.49 bits per heavy atom. The quantitative estimate of drug-likeness (QED) is 0.151. The van der Waals surface area contributed by atoms with Gasteiger partial charge in [0.1, 0.15) is 18.3 Å². The van der Waals surface area contributed by atoms with Crippen LogP contribution in [0, 0.1) is 6.92 Å². The van der Waals surface area contributed by atoms with Crippen molar-refractivity contribution in [3.8, 4) is 17.2 Å². The molecule has 12 heteroatoms. The number of carbonyl (C=O) groups excluding carboxylic acids is 2. The van der Waals surface area contributed by atoms with Gasteiger partial charge in [-0.05, 0) is 54.8 Å². The van der Waals surface area contributed by atoms with Crippen LogP contribution in [0.5, 0.6) is 17.2 Å². The number of anilines is 1. The molecule has 0 unspecified atom stereocenters. The summed E-state index contributed by atoms with van der Waals surface area (Å²) in [4.78, 5) is 29.9. The number of rotatable bonds is 16. The number of aryl methyl sites for hydroxylation is 1. The molecule has 0 aliphatic rings. The predicted molar refractivity (Wildman–Crippen MR) is 191 cm³/mol. The van der Waals surface area contributed by atoms with Crippen molar-refractivity contribution < 1.29 is 32.2 Å². The molecule has 4 aromatic rings. The third kappa shape index (κ3) is 9.24. The molecule has 0 saturated carbocycles. The number of hydrogen-bond donors (Lipinski definition) is 1. The number of benzene rings is 4. The number of halogens is 1. The third-order valence-electron chi connectivity index (χ3n) is 7.89. The Kier molecular flexibility index (Phi) is 12.9. The lowest BCUT2D eigenvalue weighted by molar-refractivity contribution is -0.140. The van der Waals surface area contributed by atoms with Crippen LogP contribution in [0.1, 0.15) is 30.0 Å². The van der Waals surface area contributed by atoms with Gasteiger partial charge in [0, 0.05) is 30.6 Å². The maximum absolute atomic E-state index is 14.7. The van der Waals surface area contributed by atoms with Crippen molar-refractivity contribution >= 4 is 39.1 Å². The molecule has 0 radical (unpaired) electrons. The lowest BCUT2D eigenvalue weighted by Crippen LogP contribution is -2.53. The average Bonchev–Trinajstić information content (AvgIpc) is 3.10. The van der Waals surface area contributed by atoms with Crippen LogP contribution < -0.4 is 23.8 Å². The normalized spacial score (nSPS) is 11.7. The lowest BCUT2D eigenvalue weighted by Gasteiger charge is -2.34. The third-order valence-corrected chi connectivity index (χ3v) is 9.88. The second-order valence-electron chi connectivity index (χ2n) is 11.4. The van der Waals surface area contributed by atoms with Crippen LogP contribution in [0.4, 0.5) is 5.69 Å². The number of methoxy groups -OCH3 is 3. The first-order chi connectivity index (χ1) is 23.5. The molecule has 0 bridgehead atoms. The molecule has 0 aliphatic carbocycles. The fourth-order valence-corrected chi connectivity index (χ4v) is 7.00. The summed E-state index contributed by atoms with van der Waals surface area (Å²) in [7, 11) is -0.239. The molecular weight excluding hydrogens is 666 g/mol. The maximum Gasteiger partial charge on any atom is 0.265 e. The highest BCUT2D eigenvalue weighted by molar-refractivity contribution is 7.92. The average molecular weight is 708 g/mol. The fraction of sp³-hybridized carbons (Fsp3) is 0.297. The van der Waals surface area contributed by atoms with Crippen LogP contribution in [0.15, 0.2) is 95.9 Å². The summed E-state index contributed by atoms with van der Waals surface area (Å²) in [5, 5.41) is 3.18. The SMILES string of the molecule is CCCNC(=O)[C@H](Cc1ccccc1)N(Cc1cccc(C)c1)C(=O)CN(c1cc(Cl)ccc1OC)S(=O)(=O)c1ccc(OC)c(OC)c1. The fourth-order valence-electron chi connectivity index (χ4n) is 5.40. The summed E-state index contributed by atoms with van der Waals surface area (Å²) in [6, 6.07) is 24.7. The van der Waals surface area contributed by atoms with Crippen molar-refractivity contribution in [2.24, 2.45) is 0 Å². The molecular formula is C37H42ClN3O7S. The Bertz CT molecular complexity index is 1850. The monoisotopic (exact) mass is 707 g/mol. The first kappa shape index (κ1) is 37.1. The minimum Gasteiger partial charge on any atom is -0.495 e. The van der Waals surface area contributed by atoms with Gasteiger partial charge in [-0.25, -0.2) is 8.42 Å². The van der Waals surface area contributed by atoms with Gasteiger partial charge in [-0.3, -0.25) is 13.9 Å². The van der Waals surface area contributed by atoms with Gasteiger partial charge in [-0.1, -0.05) is 78.7 Å². The van der Waals surface area contributed by atoms with E-state index in [1.165, 1.54) is 56.6 Å². The molecule has 2 amide bonds.